The molecule has 0 aliphatic heterocycles. The second-order valence-corrected chi connectivity index (χ2v) is 7.18. The van der Waals surface area contributed by atoms with Crippen molar-refractivity contribution in [1.82, 2.24) is 9.71 Å². The van der Waals surface area contributed by atoms with Crippen LogP contribution in [0, 0.1) is 13.8 Å². The predicted molar refractivity (Wildman–Crippen MR) is 89.8 cm³/mol. The maximum absolute atomic E-state index is 12.4. The Bertz CT molecular complexity index is 812. The molecule has 1 heterocycles. The summed E-state index contributed by atoms with van der Waals surface area (Å²) in [6.45, 7) is 3.90. The van der Waals surface area contributed by atoms with Crippen LogP contribution in [0.25, 0.3) is 0 Å². The molecule has 1 aromatic heterocycles. The molecule has 1 amide bonds. The molecule has 6 nitrogen and oxygen atoms in total. The minimum absolute atomic E-state index is 0.0450. The van der Waals surface area contributed by atoms with Crippen LogP contribution in [0.2, 0.25) is 0 Å². The molecule has 0 fully saturated rings. The van der Waals surface area contributed by atoms with E-state index in [0.717, 1.165) is 23.1 Å². The summed E-state index contributed by atoms with van der Waals surface area (Å²) >= 11 is 0. The Morgan fingerprint density at radius 3 is 2.43 bits per heavy atom. The fourth-order valence-corrected chi connectivity index (χ4v) is 2.53. The fraction of sp³-hybridized carbons (Fsp3) is 0.250. The molecule has 2 N–H and O–H groups in total. The molecule has 0 radical (unpaired) electrons. The van der Waals surface area contributed by atoms with E-state index in [2.05, 4.69) is 15.0 Å². The van der Waals surface area contributed by atoms with E-state index in [0.29, 0.717) is 11.3 Å². The Labute approximate surface area is 136 Å². The topological polar surface area (TPSA) is 88.2 Å². The maximum atomic E-state index is 12.4. The van der Waals surface area contributed by atoms with E-state index in [-0.39, 0.29) is 12.5 Å². The van der Waals surface area contributed by atoms with Crippen LogP contribution >= 0.6 is 0 Å². The third-order valence-corrected chi connectivity index (χ3v) is 3.98. The highest BCUT2D eigenvalue weighted by Gasteiger charge is 2.11. The van der Waals surface area contributed by atoms with E-state index in [1.165, 1.54) is 6.20 Å². The zero-order valence-corrected chi connectivity index (χ0v) is 14.1. The van der Waals surface area contributed by atoms with Crippen LogP contribution in [-0.4, -0.2) is 25.6 Å². The Hall–Kier alpha value is -2.25. The molecule has 0 saturated heterocycles. The van der Waals surface area contributed by atoms with Gasteiger partial charge in [-0.25, -0.2) is 13.1 Å². The highest BCUT2D eigenvalue weighted by Crippen LogP contribution is 2.20. The number of benzene rings is 1. The Morgan fingerprint density at radius 2 is 1.83 bits per heavy atom. The molecule has 1 aromatic carbocycles. The molecule has 0 saturated carbocycles. The maximum Gasteiger partial charge on any atom is 0.255 e. The highest BCUT2D eigenvalue weighted by molar-refractivity contribution is 7.88. The van der Waals surface area contributed by atoms with Crippen LogP contribution in [0.4, 0.5) is 5.69 Å². The van der Waals surface area contributed by atoms with Gasteiger partial charge in [-0.15, -0.1) is 0 Å². The first-order chi connectivity index (χ1) is 10.8. The van der Waals surface area contributed by atoms with E-state index < -0.39 is 10.0 Å². The Balaban J connectivity index is 2.17. The van der Waals surface area contributed by atoms with E-state index >= 15 is 0 Å². The number of hydrogen-bond acceptors (Lipinski definition) is 4. The fourth-order valence-electron chi connectivity index (χ4n) is 2.12. The summed E-state index contributed by atoms with van der Waals surface area (Å²) < 4.78 is 24.6. The number of aromatic nitrogens is 1. The number of hydrogen-bond donors (Lipinski definition) is 2. The van der Waals surface area contributed by atoms with Crippen molar-refractivity contribution in [3.05, 3.63) is 58.9 Å². The van der Waals surface area contributed by atoms with Gasteiger partial charge in [-0.05, 0) is 37.1 Å². The molecular weight excluding hydrogens is 314 g/mol. The van der Waals surface area contributed by atoms with E-state index in [1.54, 1.807) is 12.1 Å². The molecular formula is C16H19N3O3S. The second kappa shape index (κ2) is 6.89. The van der Waals surface area contributed by atoms with Gasteiger partial charge in [0.1, 0.15) is 0 Å². The number of sulfonamides is 1. The average Bonchev–Trinajstić information content (AvgIpc) is 2.48. The van der Waals surface area contributed by atoms with Gasteiger partial charge in [-0.2, -0.15) is 0 Å². The van der Waals surface area contributed by atoms with Crippen molar-refractivity contribution >= 4 is 21.6 Å². The lowest BCUT2D eigenvalue weighted by Crippen LogP contribution is -2.22. The number of aryl methyl sites for hydroxylation is 2. The molecule has 7 heteroatoms. The summed E-state index contributed by atoms with van der Waals surface area (Å²) in [5.74, 6) is -0.259. The van der Waals surface area contributed by atoms with E-state index in [4.69, 9.17) is 0 Å². The quantitative estimate of drug-likeness (QED) is 0.876. The predicted octanol–water partition coefficient (Wildman–Crippen LogP) is 2.00. The zero-order chi connectivity index (χ0) is 17.0. The lowest BCUT2D eigenvalue weighted by Gasteiger charge is -2.12. The number of para-hydroxylation sites is 1. The largest absolute Gasteiger partial charge is 0.322 e. The summed E-state index contributed by atoms with van der Waals surface area (Å²) in [6.07, 6.45) is 2.56. The normalized spacial score (nSPS) is 11.3. The molecule has 0 bridgehead atoms. The van der Waals surface area contributed by atoms with Gasteiger partial charge in [0, 0.05) is 17.4 Å². The molecule has 0 aliphatic carbocycles. The first kappa shape index (κ1) is 17.1. The highest BCUT2D eigenvalue weighted by atomic mass is 32.2. The number of pyridine rings is 1. The molecule has 122 valence electrons. The van der Waals surface area contributed by atoms with Crippen molar-refractivity contribution in [3.63, 3.8) is 0 Å². The van der Waals surface area contributed by atoms with Crippen molar-refractivity contribution in [2.75, 3.05) is 11.6 Å². The van der Waals surface area contributed by atoms with Crippen LogP contribution < -0.4 is 10.0 Å². The summed E-state index contributed by atoms with van der Waals surface area (Å²) in [5, 5.41) is 2.89. The van der Waals surface area contributed by atoms with Gasteiger partial charge in [0.2, 0.25) is 10.0 Å². The monoisotopic (exact) mass is 333 g/mol. The van der Waals surface area contributed by atoms with Crippen molar-refractivity contribution in [2.24, 2.45) is 0 Å². The minimum Gasteiger partial charge on any atom is -0.322 e. The van der Waals surface area contributed by atoms with Crippen LogP contribution in [0.1, 0.15) is 27.2 Å². The summed E-state index contributed by atoms with van der Waals surface area (Å²) in [6, 6.07) is 8.95. The number of anilines is 1. The van der Waals surface area contributed by atoms with Gasteiger partial charge in [0.25, 0.3) is 5.91 Å². The summed E-state index contributed by atoms with van der Waals surface area (Å²) in [5.41, 5.74) is 3.64. The lowest BCUT2D eigenvalue weighted by atomic mass is 10.1. The molecule has 2 aromatic rings. The minimum atomic E-state index is -3.31. The number of rotatable bonds is 5. The van der Waals surface area contributed by atoms with Crippen molar-refractivity contribution < 1.29 is 13.2 Å². The van der Waals surface area contributed by atoms with Crippen molar-refractivity contribution in [2.45, 2.75) is 20.4 Å². The summed E-state index contributed by atoms with van der Waals surface area (Å²) in [7, 11) is -3.31. The molecule has 0 aliphatic rings. The van der Waals surface area contributed by atoms with Crippen LogP contribution in [-0.2, 0) is 16.6 Å². The third-order valence-electron chi connectivity index (χ3n) is 3.31. The van der Waals surface area contributed by atoms with Crippen LogP contribution in [0.5, 0.6) is 0 Å². The first-order valence-corrected chi connectivity index (χ1v) is 8.92. The molecule has 2 rings (SSSR count). The zero-order valence-electron chi connectivity index (χ0n) is 13.3. The number of nitrogens with zero attached hydrogens (tertiary/aromatic N) is 1. The van der Waals surface area contributed by atoms with Crippen molar-refractivity contribution in [1.29, 1.82) is 0 Å². The SMILES string of the molecule is Cc1cccc(C)c1NC(=O)c1ccnc(CNS(C)(=O)=O)c1. The van der Waals surface area contributed by atoms with Gasteiger partial charge in [0.05, 0.1) is 18.5 Å². The molecule has 0 spiro atoms. The van der Waals surface area contributed by atoms with E-state index in [9.17, 15) is 13.2 Å². The number of amides is 1. The summed E-state index contributed by atoms with van der Waals surface area (Å²) in [4.78, 5) is 16.5. The number of carbonyl (C=O) groups excluding carboxylic acids is 1. The number of carbonyl (C=O) groups is 1. The molecule has 23 heavy (non-hydrogen) atoms. The average molecular weight is 333 g/mol. The van der Waals surface area contributed by atoms with Gasteiger partial charge < -0.3 is 5.32 Å². The van der Waals surface area contributed by atoms with Gasteiger partial charge >= 0.3 is 0 Å². The van der Waals surface area contributed by atoms with Gasteiger partial charge in [0.15, 0.2) is 0 Å². The van der Waals surface area contributed by atoms with Crippen LogP contribution in [0.3, 0.4) is 0 Å². The molecule has 0 unspecified atom stereocenters. The molecule has 0 atom stereocenters. The third kappa shape index (κ3) is 4.87. The van der Waals surface area contributed by atoms with Crippen molar-refractivity contribution in [3.8, 4) is 0 Å². The lowest BCUT2D eigenvalue weighted by molar-refractivity contribution is 0.102. The Kier molecular flexibility index (Phi) is 5.12. The smallest absolute Gasteiger partial charge is 0.255 e. The van der Waals surface area contributed by atoms with Gasteiger partial charge in [-0.1, -0.05) is 18.2 Å². The standard InChI is InChI=1S/C16H19N3O3S/c1-11-5-4-6-12(2)15(11)19-16(20)13-7-8-17-14(9-13)10-18-23(3,21)22/h4-9,18H,10H2,1-3H3,(H,19,20). The van der Waals surface area contributed by atoms with E-state index in [1.807, 2.05) is 32.0 Å². The number of nitrogens with one attached hydrogen (secondary N) is 2. The Morgan fingerprint density at radius 1 is 1.17 bits per heavy atom. The first-order valence-electron chi connectivity index (χ1n) is 7.03. The van der Waals surface area contributed by atoms with Gasteiger partial charge in [-0.3, -0.25) is 9.78 Å². The van der Waals surface area contributed by atoms with Crippen LogP contribution in [0.15, 0.2) is 36.5 Å². The second-order valence-electron chi connectivity index (χ2n) is 5.35.